The number of rotatable bonds is 10. The summed E-state index contributed by atoms with van der Waals surface area (Å²) >= 11 is 0. The van der Waals surface area contributed by atoms with Gasteiger partial charge in [0.1, 0.15) is 5.75 Å². The van der Waals surface area contributed by atoms with E-state index >= 15 is 0 Å². The predicted molar refractivity (Wildman–Crippen MR) is 122 cm³/mol. The Morgan fingerprint density at radius 3 is 2.63 bits per heavy atom. The minimum atomic E-state index is -0.549. The van der Waals surface area contributed by atoms with Crippen LogP contribution in [0.5, 0.6) is 5.75 Å². The van der Waals surface area contributed by atoms with E-state index in [2.05, 4.69) is 44.9 Å². The first-order chi connectivity index (χ1) is 14.5. The van der Waals surface area contributed by atoms with E-state index in [9.17, 15) is 10.2 Å². The number of aliphatic hydroxyl groups is 3. The van der Waals surface area contributed by atoms with E-state index in [4.69, 9.17) is 14.6 Å². The van der Waals surface area contributed by atoms with Crippen LogP contribution < -0.4 is 4.74 Å². The van der Waals surface area contributed by atoms with Gasteiger partial charge in [0.15, 0.2) is 0 Å². The Morgan fingerprint density at radius 1 is 1.27 bits per heavy atom. The molecule has 0 saturated carbocycles. The molecular formula is C24H41NO5. The summed E-state index contributed by atoms with van der Waals surface area (Å²) in [5.41, 5.74) is 3.60. The third-order valence-corrected chi connectivity index (χ3v) is 5.34. The summed E-state index contributed by atoms with van der Waals surface area (Å²) in [6, 6.07) is 6.08. The number of hydrogen-bond acceptors (Lipinski definition) is 6. The molecule has 1 fully saturated rings. The molecule has 0 bridgehead atoms. The van der Waals surface area contributed by atoms with E-state index in [0.29, 0.717) is 12.8 Å². The summed E-state index contributed by atoms with van der Waals surface area (Å²) in [5, 5.41) is 26.5. The van der Waals surface area contributed by atoms with Crippen LogP contribution in [-0.2, 0) is 4.74 Å². The lowest BCUT2D eigenvalue weighted by molar-refractivity contribution is -0.184. The fourth-order valence-electron chi connectivity index (χ4n) is 3.55. The zero-order valence-electron chi connectivity index (χ0n) is 19.3. The predicted octanol–water partition coefficient (Wildman–Crippen LogP) is 3.37. The molecule has 0 aromatic heterocycles. The average Bonchev–Trinajstić information content (AvgIpc) is 2.75. The van der Waals surface area contributed by atoms with E-state index in [1.807, 2.05) is 12.1 Å². The second-order valence-electron chi connectivity index (χ2n) is 7.73. The fourth-order valence-corrected chi connectivity index (χ4v) is 3.55. The standard InChI is InChI=1S/C23H37NO4.CH4O/c1-5-7-10-18(12-13-24(4)6-2)23-17(3)9-8-11-21(23)28-22-15-19(26)14-20(16-25)27-22;1-2/h8-11,19-20,22,25-26H,5-7,12-16H2,1-4H3;2H,1H3/b18-10-;. The lowest BCUT2D eigenvalue weighted by Gasteiger charge is -2.33. The van der Waals surface area contributed by atoms with Gasteiger partial charge < -0.3 is 29.7 Å². The highest BCUT2D eigenvalue weighted by Gasteiger charge is 2.30. The molecule has 3 atom stereocenters. The number of unbranched alkanes of at least 4 members (excludes halogenated alkanes) is 1. The maximum Gasteiger partial charge on any atom is 0.202 e. The molecule has 1 heterocycles. The molecule has 0 amide bonds. The lowest BCUT2D eigenvalue weighted by Crippen LogP contribution is -2.40. The van der Waals surface area contributed by atoms with Gasteiger partial charge in [-0.3, -0.25) is 0 Å². The van der Waals surface area contributed by atoms with Gasteiger partial charge in [0, 0.05) is 32.1 Å². The van der Waals surface area contributed by atoms with Gasteiger partial charge in [-0.1, -0.05) is 38.5 Å². The maximum absolute atomic E-state index is 10.1. The highest BCUT2D eigenvalue weighted by atomic mass is 16.7. The Kier molecular flexibility index (Phi) is 12.9. The molecule has 0 spiro atoms. The van der Waals surface area contributed by atoms with Crippen LogP contribution in [-0.4, -0.2) is 72.6 Å². The van der Waals surface area contributed by atoms with Crippen molar-refractivity contribution in [3.05, 3.63) is 35.4 Å². The second-order valence-corrected chi connectivity index (χ2v) is 7.73. The van der Waals surface area contributed by atoms with E-state index in [0.717, 1.165) is 50.8 Å². The number of nitrogens with zero attached hydrogens (tertiary/aromatic N) is 1. The number of hydrogen-bond donors (Lipinski definition) is 3. The van der Waals surface area contributed by atoms with Crippen molar-refractivity contribution in [3.63, 3.8) is 0 Å². The SMILES string of the molecule is CCC/C=C(/CCN(C)CC)c1c(C)cccc1OC1CC(O)CC(CO)O1.CO. The van der Waals surface area contributed by atoms with E-state index in [1.54, 1.807) is 0 Å². The number of aliphatic hydroxyl groups excluding tert-OH is 3. The van der Waals surface area contributed by atoms with Crippen molar-refractivity contribution in [2.45, 2.75) is 71.4 Å². The van der Waals surface area contributed by atoms with Gasteiger partial charge in [-0.25, -0.2) is 0 Å². The molecule has 30 heavy (non-hydrogen) atoms. The van der Waals surface area contributed by atoms with Crippen molar-refractivity contribution in [1.82, 2.24) is 4.90 Å². The number of aryl methyl sites for hydroxylation is 1. The van der Waals surface area contributed by atoms with E-state index in [1.165, 1.54) is 11.1 Å². The third kappa shape index (κ3) is 8.36. The highest BCUT2D eigenvalue weighted by molar-refractivity contribution is 5.73. The number of allylic oxidation sites excluding steroid dienone is 1. The summed E-state index contributed by atoms with van der Waals surface area (Å²) in [5.74, 6) is 0.789. The molecule has 0 aliphatic carbocycles. The maximum atomic E-state index is 10.1. The van der Waals surface area contributed by atoms with Gasteiger partial charge >= 0.3 is 0 Å². The van der Waals surface area contributed by atoms with Crippen molar-refractivity contribution in [2.75, 3.05) is 33.9 Å². The van der Waals surface area contributed by atoms with Crippen LogP contribution in [0.2, 0.25) is 0 Å². The summed E-state index contributed by atoms with van der Waals surface area (Å²) in [7, 11) is 3.14. The smallest absolute Gasteiger partial charge is 0.202 e. The zero-order valence-corrected chi connectivity index (χ0v) is 19.3. The summed E-state index contributed by atoms with van der Waals surface area (Å²) < 4.78 is 12.0. The highest BCUT2D eigenvalue weighted by Crippen LogP contribution is 2.34. The molecule has 1 aliphatic heterocycles. The van der Waals surface area contributed by atoms with Gasteiger partial charge in [-0.15, -0.1) is 0 Å². The van der Waals surface area contributed by atoms with Gasteiger partial charge in [0.05, 0.1) is 18.8 Å². The molecule has 1 aromatic rings. The van der Waals surface area contributed by atoms with Crippen LogP contribution in [0.3, 0.4) is 0 Å². The molecule has 1 saturated heterocycles. The molecule has 1 aromatic carbocycles. The summed E-state index contributed by atoms with van der Waals surface area (Å²) in [6.07, 6.45) is 4.83. The molecule has 0 radical (unpaired) electrons. The minimum absolute atomic E-state index is 0.109. The monoisotopic (exact) mass is 423 g/mol. The first-order valence-corrected chi connectivity index (χ1v) is 11.0. The molecule has 172 valence electrons. The molecule has 3 unspecified atom stereocenters. The number of ether oxygens (including phenoxy) is 2. The summed E-state index contributed by atoms with van der Waals surface area (Å²) in [4.78, 5) is 2.31. The minimum Gasteiger partial charge on any atom is -0.464 e. The molecule has 6 heteroatoms. The van der Waals surface area contributed by atoms with Crippen molar-refractivity contribution >= 4 is 5.57 Å². The van der Waals surface area contributed by atoms with Crippen LogP contribution in [0.1, 0.15) is 57.1 Å². The molecule has 6 nitrogen and oxygen atoms in total. The topological polar surface area (TPSA) is 82.4 Å². The van der Waals surface area contributed by atoms with Crippen molar-refractivity contribution < 1.29 is 24.8 Å². The lowest BCUT2D eigenvalue weighted by atomic mass is 9.95. The van der Waals surface area contributed by atoms with Crippen LogP contribution in [0.4, 0.5) is 0 Å². The Labute approximate surface area is 182 Å². The molecule has 2 rings (SSSR count). The number of benzene rings is 1. The third-order valence-electron chi connectivity index (χ3n) is 5.34. The van der Waals surface area contributed by atoms with E-state index in [-0.39, 0.29) is 12.7 Å². The quantitative estimate of drug-likeness (QED) is 0.535. The van der Waals surface area contributed by atoms with Crippen LogP contribution in [0.15, 0.2) is 24.3 Å². The second kappa shape index (κ2) is 14.5. The van der Waals surface area contributed by atoms with Crippen molar-refractivity contribution in [2.24, 2.45) is 0 Å². The Hall–Kier alpha value is -1.44. The molecule has 1 aliphatic rings. The first kappa shape index (κ1) is 26.6. The van der Waals surface area contributed by atoms with Gasteiger partial charge in [-0.05, 0) is 50.6 Å². The summed E-state index contributed by atoms with van der Waals surface area (Å²) in [6.45, 7) is 8.37. The van der Waals surface area contributed by atoms with Gasteiger partial charge in [-0.2, -0.15) is 0 Å². The average molecular weight is 424 g/mol. The Balaban J connectivity index is 0.00000218. The Morgan fingerprint density at radius 2 is 2.00 bits per heavy atom. The van der Waals surface area contributed by atoms with Crippen LogP contribution >= 0.6 is 0 Å². The zero-order chi connectivity index (χ0) is 22.5. The van der Waals surface area contributed by atoms with Crippen LogP contribution in [0.25, 0.3) is 5.57 Å². The van der Waals surface area contributed by atoms with Crippen molar-refractivity contribution in [3.8, 4) is 5.75 Å². The first-order valence-electron chi connectivity index (χ1n) is 11.0. The fraction of sp³-hybridized carbons (Fsp3) is 0.667. The molecule has 3 N–H and O–H groups in total. The normalized spacial score (nSPS) is 21.9. The van der Waals surface area contributed by atoms with Crippen molar-refractivity contribution in [1.29, 1.82) is 0 Å². The largest absolute Gasteiger partial charge is 0.464 e. The van der Waals surface area contributed by atoms with Crippen LogP contribution in [0, 0.1) is 6.92 Å². The molecular weight excluding hydrogens is 382 g/mol. The van der Waals surface area contributed by atoms with Gasteiger partial charge in [0.25, 0.3) is 0 Å². The van der Waals surface area contributed by atoms with E-state index < -0.39 is 12.4 Å². The Bertz CT molecular complexity index is 634. The van der Waals surface area contributed by atoms with Gasteiger partial charge in [0.2, 0.25) is 6.29 Å².